The van der Waals surface area contributed by atoms with Crippen molar-refractivity contribution in [1.29, 1.82) is 0 Å². The number of aromatic nitrogens is 1. The second kappa shape index (κ2) is 9.24. The molecule has 1 aliphatic heterocycles. The molecule has 0 bridgehead atoms. The van der Waals surface area contributed by atoms with E-state index in [4.69, 9.17) is 0 Å². The van der Waals surface area contributed by atoms with Crippen molar-refractivity contribution in [3.63, 3.8) is 0 Å². The van der Waals surface area contributed by atoms with Gasteiger partial charge in [-0.05, 0) is 37.0 Å². The molecule has 31 heavy (non-hydrogen) atoms. The van der Waals surface area contributed by atoms with Gasteiger partial charge in [-0.15, -0.1) is 0 Å². The molecule has 1 saturated heterocycles. The molecule has 164 valence electrons. The van der Waals surface area contributed by atoms with Gasteiger partial charge in [-0.1, -0.05) is 55.5 Å². The Kier molecular flexibility index (Phi) is 6.43. The molecule has 0 aliphatic carbocycles. The van der Waals surface area contributed by atoms with E-state index in [9.17, 15) is 13.2 Å². The highest BCUT2D eigenvalue weighted by Crippen LogP contribution is 2.28. The maximum atomic E-state index is 12.9. The molecular formula is C24H29N3O3S. The van der Waals surface area contributed by atoms with E-state index in [2.05, 4.69) is 34.1 Å². The first-order valence-corrected chi connectivity index (χ1v) is 12.5. The van der Waals surface area contributed by atoms with Crippen LogP contribution >= 0.6 is 0 Å². The molecule has 2 heterocycles. The Morgan fingerprint density at radius 2 is 1.71 bits per heavy atom. The van der Waals surface area contributed by atoms with Crippen molar-refractivity contribution in [2.24, 2.45) is 0 Å². The van der Waals surface area contributed by atoms with Crippen LogP contribution in [0.4, 0.5) is 0 Å². The molecule has 1 aromatic heterocycles. The number of rotatable bonds is 7. The number of nitrogens with one attached hydrogen (secondary N) is 1. The lowest BCUT2D eigenvalue weighted by molar-refractivity contribution is -0.122. The highest BCUT2D eigenvalue weighted by atomic mass is 32.2. The lowest BCUT2D eigenvalue weighted by Crippen LogP contribution is -2.47. The van der Waals surface area contributed by atoms with Crippen LogP contribution in [-0.4, -0.2) is 48.1 Å². The Morgan fingerprint density at radius 1 is 1.03 bits per heavy atom. The molecule has 0 radical (unpaired) electrons. The maximum absolute atomic E-state index is 12.9. The van der Waals surface area contributed by atoms with E-state index in [0.717, 1.165) is 22.2 Å². The van der Waals surface area contributed by atoms with Gasteiger partial charge in [0.05, 0.1) is 5.75 Å². The van der Waals surface area contributed by atoms with Gasteiger partial charge >= 0.3 is 0 Å². The summed E-state index contributed by atoms with van der Waals surface area (Å²) in [7, 11) is -3.17. The highest BCUT2D eigenvalue weighted by molar-refractivity contribution is 7.89. The van der Waals surface area contributed by atoms with Crippen LogP contribution in [0.3, 0.4) is 0 Å². The number of hydrogen-bond acceptors (Lipinski definition) is 3. The van der Waals surface area contributed by atoms with Crippen molar-refractivity contribution in [2.75, 3.05) is 18.8 Å². The molecule has 0 saturated carbocycles. The second-order valence-corrected chi connectivity index (χ2v) is 10.2. The standard InChI is InChI=1S/C24H29N3O3S/c1-2-16-31(29,30)26-14-12-21(13-15-26)25-24(28)18-27-22-11-7-6-10-20(22)17-23(27)19-8-4-3-5-9-19/h3-11,17,21H,2,12-16,18H2,1H3,(H,25,28). The van der Waals surface area contributed by atoms with Gasteiger partial charge in [0.15, 0.2) is 0 Å². The summed E-state index contributed by atoms with van der Waals surface area (Å²) in [5.41, 5.74) is 3.11. The van der Waals surface area contributed by atoms with Gasteiger partial charge in [-0.25, -0.2) is 12.7 Å². The van der Waals surface area contributed by atoms with Crippen LogP contribution in [0.2, 0.25) is 0 Å². The van der Waals surface area contributed by atoms with Crippen LogP contribution < -0.4 is 5.32 Å². The van der Waals surface area contributed by atoms with Gasteiger partial charge in [-0.3, -0.25) is 4.79 Å². The summed E-state index contributed by atoms with van der Waals surface area (Å²) >= 11 is 0. The molecule has 7 heteroatoms. The lowest BCUT2D eigenvalue weighted by Gasteiger charge is -2.31. The number of piperidine rings is 1. The third-order valence-electron chi connectivity index (χ3n) is 5.86. The van der Waals surface area contributed by atoms with Gasteiger partial charge < -0.3 is 9.88 Å². The van der Waals surface area contributed by atoms with Crippen molar-refractivity contribution in [1.82, 2.24) is 14.2 Å². The predicted molar refractivity (Wildman–Crippen MR) is 124 cm³/mol. The summed E-state index contributed by atoms with van der Waals surface area (Å²) < 4.78 is 28.1. The number of amides is 1. The molecule has 6 nitrogen and oxygen atoms in total. The zero-order valence-corrected chi connectivity index (χ0v) is 18.6. The van der Waals surface area contributed by atoms with Crippen LogP contribution in [0.15, 0.2) is 60.7 Å². The molecule has 0 atom stereocenters. The van der Waals surface area contributed by atoms with Crippen molar-refractivity contribution < 1.29 is 13.2 Å². The van der Waals surface area contributed by atoms with Gasteiger partial charge in [0.2, 0.25) is 15.9 Å². The van der Waals surface area contributed by atoms with Crippen molar-refractivity contribution >= 4 is 26.8 Å². The topological polar surface area (TPSA) is 71.4 Å². The van der Waals surface area contributed by atoms with Gasteiger partial charge in [0, 0.05) is 35.7 Å². The summed E-state index contributed by atoms with van der Waals surface area (Å²) in [6, 6.07) is 20.3. The number of carbonyl (C=O) groups is 1. The fourth-order valence-electron chi connectivity index (χ4n) is 4.31. The van der Waals surface area contributed by atoms with Crippen LogP contribution in [0.25, 0.3) is 22.2 Å². The minimum Gasteiger partial charge on any atom is -0.352 e. The first-order chi connectivity index (χ1) is 15.0. The average Bonchev–Trinajstić information content (AvgIpc) is 3.13. The van der Waals surface area contributed by atoms with Crippen LogP contribution in [-0.2, 0) is 21.4 Å². The SMILES string of the molecule is CCCS(=O)(=O)N1CCC(NC(=O)Cn2c(-c3ccccc3)cc3ccccc32)CC1. The summed E-state index contributed by atoms with van der Waals surface area (Å²) in [5, 5.41) is 4.22. The Bertz CT molecular complexity index is 1150. The molecule has 1 aliphatic rings. The number of para-hydroxylation sites is 1. The number of fused-ring (bicyclic) bond motifs is 1. The monoisotopic (exact) mass is 439 g/mol. The third kappa shape index (κ3) is 4.83. The van der Waals surface area contributed by atoms with Gasteiger partial charge in [-0.2, -0.15) is 0 Å². The van der Waals surface area contributed by atoms with Crippen LogP contribution in [0.5, 0.6) is 0 Å². The molecule has 2 aromatic carbocycles. The number of sulfonamides is 1. The fourth-order valence-corrected chi connectivity index (χ4v) is 5.85. The largest absolute Gasteiger partial charge is 0.352 e. The van der Waals surface area contributed by atoms with Gasteiger partial charge in [0.25, 0.3) is 0 Å². The zero-order valence-electron chi connectivity index (χ0n) is 17.8. The molecule has 4 rings (SSSR count). The Morgan fingerprint density at radius 3 is 2.42 bits per heavy atom. The summed E-state index contributed by atoms with van der Waals surface area (Å²) in [4.78, 5) is 12.9. The molecule has 0 unspecified atom stereocenters. The molecule has 1 N–H and O–H groups in total. The van der Waals surface area contributed by atoms with Crippen molar-refractivity contribution in [3.8, 4) is 11.3 Å². The molecule has 0 spiro atoms. The normalized spacial score (nSPS) is 15.9. The Hall–Kier alpha value is -2.64. The zero-order chi connectivity index (χ0) is 21.8. The first kappa shape index (κ1) is 21.6. The summed E-state index contributed by atoms with van der Waals surface area (Å²) in [6.45, 7) is 3.04. The van der Waals surface area contributed by atoms with E-state index in [0.29, 0.717) is 32.4 Å². The van der Waals surface area contributed by atoms with E-state index >= 15 is 0 Å². The van der Waals surface area contributed by atoms with E-state index in [1.807, 2.05) is 43.3 Å². The second-order valence-electron chi connectivity index (χ2n) is 8.10. The quantitative estimate of drug-likeness (QED) is 0.611. The summed E-state index contributed by atoms with van der Waals surface area (Å²) in [5.74, 6) is 0.140. The lowest BCUT2D eigenvalue weighted by atomic mass is 10.1. The van der Waals surface area contributed by atoms with E-state index in [1.54, 1.807) is 4.31 Å². The van der Waals surface area contributed by atoms with Crippen molar-refractivity contribution in [3.05, 3.63) is 60.7 Å². The van der Waals surface area contributed by atoms with E-state index in [1.165, 1.54) is 0 Å². The van der Waals surface area contributed by atoms with Crippen LogP contribution in [0, 0.1) is 0 Å². The average molecular weight is 440 g/mol. The minimum atomic E-state index is -3.17. The van der Waals surface area contributed by atoms with E-state index in [-0.39, 0.29) is 24.2 Å². The fraction of sp³-hybridized carbons (Fsp3) is 0.375. The molecule has 3 aromatic rings. The molecule has 1 amide bonds. The molecule has 1 fully saturated rings. The van der Waals surface area contributed by atoms with Crippen molar-refractivity contribution in [2.45, 2.75) is 38.8 Å². The van der Waals surface area contributed by atoms with E-state index < -0.39 is 10.0 Å². The maximum Gasteiger partial charge on any atom is 0.240 e. The Labute approximate surface area is 183 Å². The number of hydrogen-bond donors (Lipinski definition) is 1. The molecular weight excluding hydrogens is 410 g/mol. The number of carbonyl (C=O) groups excluding carboxylic acids is 1. The summed E-state index contributed by atoms with van der Waals surface area (Å²) in [6.07, 6.45) is 1.91. The number of benzene rings is 2. The smallest absolute Gasteiger partial charge is 0.240 e. The third-order valence-corrected chi connectivity index (χ3v) is 7.93. The first-order valence-electron chi connectivity index (χ1n) is 10.9. The minimum absolute atomic E-state index is 0.00239. The van der Waals surface area contributed by atoms with Crippen LogP contribution in [0.1, 0.15) is 26.2 Å². The predicted octanol–water partition coefficient (Wildman–Crippen LogP) is 3.63. The number of nitrogens with zero attached hydrogens (tertiary/aromatic N) is 2. The highest BCUT2D eigenvalue weighted by Gasteiger charge is 2.28. The van der Waals surface area contributed by atoms with Gasteiger partial charge in [0.1, 0.15) is 6.54 Å². The Balaban J connectivity index is 1.46.